The van der Waals surface area contributed by atoms with Crippen LogP contribution in [0.2, 0.25) is 5.02 Å². The summed E-state index contributed by atoms with van der Waals surface area (Å²) in [5.74, 6) is 0.331. The molecule has 3 N–H and O–H groups in total. The number of anilines is 1. The lowest BCUT2D eigenvalue weighted by atomic mass is 9.81. The Hall–Kier alpha value is -2.67. The number of aromatic hydroxyl groups is 1. The molecule has 1 heterocycles. The maximum Gasteiger partial charge on any atom is 0.169 e. The van der Waals surface area contributed by atoms with Gasteiger partial charge in [-0.05, 0) is 100 Å². The summed E-state index contributed by atoms with van der Waals surface area (Å²) in [6, 6.07) is 9.85. The summed E-state index contributed by atoms with van der Waals surface area (Å²) in [4.78, 5) is 19.9. The molecule has 6 nitrogen and oxygen atoms in total. The molecule has 0 spiro atoms. The lowest BCUT2D eigenvalue weighted by molar-refractivity contribution is -0.0183. The highest BCUT2D eigenvalue weighted by Gasteiger charge is 2.36. The maximum absolute atomic E-state index is 13.2. The van der Waals surface area contributed by atoms with E-state index in [1.807, 2.05) is 44.1 Å². The highest BCUT2D eigenvalue weighted by Crippen LogP contribution is 2.40. The molecule has 0 bridgehead atoms. The molecule has 1 aromatic heterocycles. The number of likely N-dealkylation sites (N-methyl/N-ethyl adjacent to an activating group) is 1. The number of phenolic OH excluding ortho intramolecular Hbond substituents is 1. The number of aryl methyl sites for hydroxylation is 1. The normalized spacial score (nSPS) is 22.2. The van der Waals surface area contributed by atoms with Gasteiger partial charge in [0.05, 0.1) is 27.4 Å². The van der Waals surface area contributed by atoms with Gasteiger partial charge in [0.25, 0.3) is 0 Å². The van der Waals surface area contributed by atoms with Crippen LogP contribution in [0.1, 0.15) is 54.4 Å². The van der Waals surface area contributed by atoms with E-state index in [1.165, 1.54) is 0 Å². The Bertz CT molecular complexity index is 1290. The van der Waals surface area contributed by atoms with Crippen molar-refractivity contribution in [3.63, 3.8) is 0 Å². The van der Waals surface area contributed by atoms with Gasteiger partial charge in [0.1, 0.15) is 5.75 Å². The van der Waals surface area contributed by atoms with Crippen LogP contribution < -0.4 is 5.32 Å². The van der Waals surface area contributed by atoms with Gasteiger partial charge in [-0.3, -0.25) is 9.78 Å². The zero-order chi connectivity index (χ0) is 25.6. The first-order valence-corrected chi connectivity index (χ1v) is 13.1. The van der Waals surface area contributed by atoms with E-state index in [4.69, 9.17) is 11.6 Å². The van der Waals surface area contributed by atoms with Gasteiger partial charge in [0.2, 0.25) is 0 Å². The number of pyridine rings is 1. The Morgan fingerprint density at radius 1 is 1.14 bits per heavy atom. The fourth-order valence-electron chi connectivity index (χ4n) is 5.43. The summed E-state index contributed by atoms with van der Waals surface area (Å²) in [6.07, 6.45) is 6.68. The molecular formula is C29H34ClN3O3. The number of benzene rings is 2. The molecule has 2 aliphatic rings. The van der Waals surface area contributed by atoms with E-state index in [9.17, 15) is 15.0 Å². The van der Waals surface area contributed by atoms with Gasteiger partial charge >= 0.3 is 0 Å². The fraction of sp³-hybridized carbons (Fsp3) is 0.448. The van der Waals surface area contributed by atoms with Gasteiger partial charge in [-0.1, -0.05) is 17.7 Å². The number of Topliss-reactive ketones (excluding diaryl/α,β-unsaturated/α-hetero) is 1. The predicted molar refractivity (Wildman–Crippen MR) is 145 cm³/mol. The molecule has 0 atom stereocenters. The van der Waals surface area contributed by atoms with Crippen LogP contribution in [0.5, 0.6) is 5.75 Å². The summed E-state index contributed by atoms with van der Waals surface area (Å²) in [7, 11) is 3.98. The smallest absolute Gasteiger partial charge is 0.169 e. The highest BCUT2D eigenvalue weighted by molar-refractivity contribution is 6.32. The molecule has 0 saturated heterocycles. The van der Waals surface area contributed by atoms with Crippen molar-refractivity contribution in [3.8, 4) is 16.9 Å². The SMILES string of the molecule is Cc1cc(-c2ccc3ncc(C(=O)C4CC4)c(NC4CCC(O)(CN(C)C)CC4)c3c2)cc(Cl)c1O. The van der Waals surface area contributed by atoms with Gasteiger partial charge < -0.3 is 20.4 Å². The van der Waals surface area contributed by atoms with Crippen LogP contribution in [0.3, 0.4) is 0 Å². The van der Waals surface area contributed by atoms with Crippen molar-refractivity contribution in [1.82, 2.24) is 9.88 Å². The van der Waals surface area contributed by atoms with Crippen LogP contribution in [-0.2, 0) is 0 Å². The van der Waals surface area contributed by atoms with Crippen molar-refractivity contribution in [2.45, 2.75) is 57.1 Å². The lowest BCUT2D eigenvalue weighted by Gasteiger charge is -2.38. The van der Waals surface area contributed by atoms with Gasteiger partial charge in [-0.2, -0.15) is 0 Å². The molecule has 0 unspecified atom stereocenters. The maximum atomic E-state index is 13.2. The zero-order valence-electron chi connectivity index (χ0n) is 21.1. The van der Waals surface area contributed by atoms with Crippen molar-refractivity contribution in [2.75, 3.05) is 26.0 Å². The summed E-state index contributed by atoms with van der Waals surface area (Å²) in [6.45, 7) is 2.48. The molecule has 2 fully saturated rings. The first kappa shape index (κ1) is 25.0. The minimum Gasteiger partial charge on any atom is -0.506 e. The van der Waals surface area contributed by atoms with Gasteiger partial charge in [0.15, 0.2) is 5.78 Å². The van der Waals surface area contributed by atoms with Crippen molar-refractivity contribution < 1.29 is 15.0 Å². The third-order valence-electron chi connectivity index (χ3n) is 7.54. The highest BCUT2D eigenvalue weighted by atomic mass is 35.5. The summed E-state index contributed by atoms with van der Waals surface area (Å²) in [5, 5.41) is 26.0. The lowest BCUT2D eigenvalue weighted by Crippen LogP contribution is -2.45. The molecule has 190 valence electrons. The van der Waals surface area contributed by atoms with E-state index >= 15 is 0 Å². The van der Waals surface area contributed by atoms with Crippen LogP contribution in [-0.4, -0.2) is 58.2 Å². The topological polar surface area (TPSA) is 85.7 Å². The summed E-state index contributed by atoms with van der Waals surface area (Å²) < 4.78 is 0. The van der Waals surface area contributed by atoms with Crippen LogP contribution in [0.25, 0.3) is 22.0 Å². The average molecular weight is 508 g/mol. The number of aromatic nitrogens is 1. The minimum absolute atomic E-state index is 0.0862. The number of carbonyl (C=O) groups is 1. The molecule has 5 rings (SSSR count). The Morgan fingerprint density at radius 2 is 1.86 bits per heavy atom. The third kappa shape index (κ3) is 5.08. The number of nitrogens with one attached hydrogen (secondary N) is 1. The Morgan fingerprint density at radius 3 is 2.50 bits per heavy atom. The Labute approximate surface area is 217 Å². The van der Waals surface area contributed by atoms with Gasteiger partial charge in [-0.15, -0.1) is 0 Å². The van der Waals surface area contributed by atoms with E-state index in [1.54, 1.807) is 12.3 Å². The zero-order valence-corrected chi connectivity index (χ0v) is 21.9. The largest absolute Gasteiger partial charge is 0.506 e. The van der Waals surface area contributed by atoms with Crippen LogP contribution in [0.15, 0.2) is 36.5 Å². The predicted octanol–water partition coefficient (Wildman–Crippen LogP) is 5.81. The molecule has 0 amide bonds. The first-order valence-electron chi connectivity index (χ1n) is 12.7. The second-order valence-electron chi connectivity index (χ2n) is 10.9. The number of phenols is 1. The molecule has 36 heavy (non-hydrogen) atoms. The number of hydrogen-bond acceptors (Lipinski definition) is 6. The number of carbonyl (C=O) groups excluding carboxylic acids is 1. The van der Waals surface area contributed by atoms with Crippen molar-refractivity contribution in [3.05, 3.63) is 52.7 Å². The number of aliphatic hydroxyl groups is 1. The Balaban J connectivity index is 1.53. The molecule has 0 aliphatic heterocycles. The molecule has 2 saturated carbocycles. The number of halogens is 1. The van der Waals surface area contributed by atoms with Crippen LogP contribution in [0.4, 0.5) is 5.69 Å². The number of ketones is 1. The minimum atomic E-state index is -0.669. The van der Waals surface area contributed by atoms with Crippen molar-refractivity contribution >= 4 is 34.0 Å². The van der Waals surface area contributed by atoms with E-state index < -0.39 is 5.60 Å². The van der Waals surface area contributed by atoms with E-state index in [0.717, 1.165) is 53.4 Å². The average Bonchev–Trinajstić information content (AvgIpc) is 3.68. The molecule has 2 aromatic carbocycles. The number of fused-ring (bicyclic) bond motifs is 1. The molecule has 3 aromatic rings. The quantitative estimate of drug-likeness (QED) is 0.350. The second-order valence-corrected chi connectivity index (χ2v) is 11.3. The third-order valence-corrected chi connectivity index (χ3v) is 7.83. The van der Waals surface area contributed by atoms with Gasteiger partial charge in [0, 0.05) is 30.1 Å². The van der Waals surface area contributed by atoms with E-state index in [2.05, 4.69) is 16.4 Å². The molecule has 0 radical (unpaired) electrons. The van der Waals surface area contributed by atoms with E-state index in [0.29, 0.717) is 35.5 Å². The monoisotopic (exact) mass is 507 g/mol. The van der Waals surface area contributed by atoms with Crippen LogP contribution >= 0.6 is 11.6 Å². The summed E-state index contributed by atoms with van der Waals surface area (Å²) >= 11 is 6.27. The summed E-state index contributed by atoms with van der Waals surface area (Å²) in [5.41, 5.74) is 4.18. The first-order chi connectivity index (χ1) is 17.1. The van der Waals surface area contributed by atoms with Crippen molar-refractivity contribution in [1.29, 1.82) is 0 Å². The number of hydrogen-bond donors (Lipinski definition) is 3. The molecule has 7 heteroatoms. The number of rotatable bonds is 7. The molecule has 2 aliphatic carbocycles. The second kappa shape index (κ2) is 9.66. The Kier molecular flexibility index (Phi) is 6.70. The molecular weight excluding hydrogens is 474 g/mol. The van der Waals surface area contributed by atoms with Gasteiger partial charge in [-0.25, -0.2) is 0 Å². The van der Waals surface area contributed by atoms with Crippen molar-refractivity contribution in [2.24, 2.45) is 5.92 Å². The standard InChI is InChI=1S/C29H34ClN3O3/c1-17-12-20(14-24(30)27(17)34)19-6-7-25-22(13-19)26(23(15-31-25)28(35)18-4-5-18)32-21-8-10-29(36,11-9-21)16-33(2)3/h6-7,12-15,18,21,34,36H,4-5,8-11,16H2,1-3H3,(H,31,32). The van der Waals surface area contributed by atoms with Crippen LogP contribution in [0, 0.1) is 12.8 Å². The fourth-order valence-corrected chi connectivity index (χ4v) is 5.70. The number of nitrogens with zero attached hydrogens (tertiary/aromatic N) is 2. The van der Waals surface area contributed by atoms with E-state index in [-0.39, 0.29) is 23.5 Å².